The van der Waals surface area contributed by atoms with E-state index in [9.17, 15) is 0 Å². The van der Waals surface area contributed by atoms with Crippen LogP contribution in [0, 0.1) is 0 Å². The van der Waals surface area contributed by atoms with Crippen molar-refractivity contribution < 1.29 is 0 Å². The number of nitrogens with zero attached hydrogens (tertiary/aromatic N) is 2. The first-order valence-electron chi connectivity index (χ1n) is 10.9. The Hall–Kier alpha value is -2.95. The third-order valence-electron chi connectivity index (χ3n) is 6.45. The minimum Gasteiger partial charge on any atom is -0.398 e. The summed E-state index contributed by atoms with van der Waals surface area (Å²) in [5.74, 6) is 0. The molecule has 0 aliphatic carbocycles. The average molecular weight is 426 g/mol. The van der Waals surface area contributed by atoms with Crippen LogP contribution in [-0.2, 0) is 12.0 Å². The average Bonchev–Trinajstić information content (AvgIpc) is 3.36. The number of thiophene rings is 1. The second-order valence-electron chi connectivity index (χ2n) is 8.32. The minimum atomic E-state index is -0.161. The van der Waals surface area contributed by atoms with Gasteiger partial charge in [-0.2, -0.15) is 0 Å². The van der Waals surface area contributed by atoms with Gasteiger partial charge in [0.05, 0.1) is 16.3 Å². The van der Waals surface area contributed by atoms with Crippen LogP contribution in [0.5, 0.6) is 0 Å². The Bertz CT molecular complexity index is 1130. The second kappa shape index (κ2) is 8.66. The van der Waals surface area contributed by atoms with Crippen LogP contribution in [0.1, 0.15) is 29.7 Å². The number of piperidine rings is 1. The van der Waals surface area contributed by atoms with E-state index >= 15 is 0 Å². The molecule has 0 bridgehead atoms. The van der Waals surface area contributed by atoms with Crippen molar-refractivity contribution in [3.8, 4) is 10.6 Å². The topological polar surface area (TPSA) is 42.1 Å². The number of para-hydroxylation sites is 1. The van der Waals surface area contributed by atoms with Crippen molar-refractivity contribution >= 4 is 17.0 Å². The van der Waals surface area contributed by atoms with Gasteiger partial charge in [-0.25, -0.2) is 0 Å². The number of hydrogen-bond donors (Lipinski definition) is 1. The lowest BCUT2D eigenvalue weighted by Crippen LogP contribution is -2.43. The molecule has 2 aromatic carbocycles. The highest BCUT2D eigenvalue weighted by molar-refractivity contribution is 7.13. The summed E-state index contributed by atoms with van der Waals surface area (Å²) in [6, 6.07) is 29.8. The zero-order valence-electron chi connectivity index (χ0n) is 17.6. The Morgan fingerprint density at radius 1 is 0.839 bits per heavy atom. The van der Waals surface area contributed by atoms with Gasteiger partial charge in [0, 0.05) is 17.6 Å². The molecule has 0 atom stereocenters. The highest BCUT2D eigenvalue weighted by Gasteiger charge is 2.40. The molecule has 4 aromatic rings. The van der Waals surface area contributed by atoms with Crippen LogP contribution < -0.4 is 5.73 Å². The van der Waals surface area contributed by atoms with Crippen LogP contribution >= 0.6 is 11.3 Å². The van der Waals surface area contributed by atoms with Crippen molar-refractivity contribution in [3.05, 3.63) is 107 Å². The molecule has 31 heavy (non-hydrogen) atoms. The van der Waals surface area contributed by atoms with Crippen molar-refractivity contribution in [2.24, 2.45) is 0 Å². The summed E-state index contributed by atoms with van der Waals surface area (Å²) < 4.78 is 0. The summed E-state index contributed by atoms with van der Waals surface area (Å²) in [5.41, 5.74) is 12.0. The molecule has 1 fully saturated rings. The predicted molar refractivity (Wildman–Crippen MR) is 130 cm³/mol. The molecular weight excluding hydrogens is 398 g/mol. The Kier molecular flexibility index (Phi) is 5.58. The number of likely N-dealkylation sites (tertiary alicyclic amines) is 1. The molecule has 1 aliphatic heterocycles. The Morgan fingerprint density at radius 2 is 1.61 bits per heavy atom. The maximum Gasteiger partial charge on any atom is 0.0805 e. The smallest absolute Gasteiger partial charge is 0.0805 e. The lowest BCUT2D eigenvalue weighted by atomic mass is 9.69. The fourth-order valence-electron chi connectivity index (χ4n) is 4.79. The zero-order valence-corrected chi connectivity index (χ0v) is 18.4. The largest absolute Gasteiger partial charge is 0.398 e. The molecule has 3 nitrogen and oxygen atoms in total. The number of rotatable bonds is 5. The molecular formula is C27H27N3S. The first-order valence-corrected chi connectivity index (χ1v) is 11.8. The number of aromatic nitrogens is 1. The van der Waals surface area contributed by atoms with Gasteiger partial charge in [0.1, 0.15) is 0 Å². The molecule has 3 heterocycles. The molecule has 156 valence electrons. The van der Waals surface area contributed by atoms with E-state index in [-0.39, 0.29) is 5.41 Å². The highest BCUT2D eigenvalue weighted by atomic mass is 32.1. The molecule has 1 saturated heterocycles. The molecule has 0 radical (unpaired) electrons. The van der Waals surface area contributed by atoms with E-state index in [1.54, 1.807) is 11.3 Å². The number of nitrogen functional groups attached to an aromatic ring is 1. The molecule has 0 spiro atoms. The minimum absolute atomic E-state index is 0.161. The standard InChI is InChI=1S/C27H27N3S/c28-23-11-5-4-10-22(23)27(26-14-6-12-24(29-26)25-13-7-19-31-25)15-17-30(18-16-27)20-21-8-2-1-3-9-21/h1-14,19H,15-18,20,28H2. The Labute approximate surface area is 188 Å². The van der Waals surface area contributed by atoms with Crippen LogP contribution in [0.25, 0.3) is 10.6 Å². The van der Waals surface area contributed by atoms with Gasteiger partial charge in [0.2, 0.25) is 0 Å². The maximum atomic E-state index is 6.53. The highest BCUT2D eigenvalue weighted by Crippen LogP contribution is 2.44. The van der Waals surface area contributed by atoms with E-state index in [0.29, 0.717) is 0 Å². The lowest BCUT2D eigenvalue weighted by Gasteiger charge is -2.42. The summed E-state index contributed by atoms with van der Waals surface area (Å²) in [6.07, 6.45) is 2.02. The van der Waals surface area contributed by atoms with E-state index < -0.39 is 0 Å². The Balaban J connectivity index is 1.49. The van der Waals surface area contributed by atoms with Gasteiger partial charge >= 0.3 is 0 Å². The van der Waals surface area contributed by atoms with E-state index in [4.69, 9.17) is 10.7 Å². The van der Waals surface area contributed by atoms with Crippen molar-refractivity contribution in [2.45, 2.75) is 24.8 Å². The summed E-state index contributed by atoms with van der Waals surface area (Å²) >= 11 is 1.74. The second-order valence-corrected chi connectivity index (χ2v) is 9.26. The van der Waals surface area contributed by atoms with Gasteiger partial charge in [-0.15, -0.1) is 11.3 Å². The molecule has 2 aromatic heterocycles. The predicted octanol–water partition coefficient (Wildman–Crippen LogP) is 5.97. The first kappa shape index (κ1) is 20.0. The Morgan fingerprint density at radius 3 is 2.35 bits per heavy atom. The van der Waals surface area contributed by atoms with Crippen LogP contribution in [0.15, 0.2) is 90.3 Å². The van der Waals surface area contributed by atoms with Crippen LogP contribution in [0.2, 0.25) is 0 Å². The summed E-state index contributed by atoms with van der Waals surface area (Å²) in [7, 11) is 0. The molecule has 0 unspecified atom stereocenters. The van der Waals surface area contributed by atoms with Crippen LogP contribution in [0.3, 0.4) is 0 Å². The fourth-order valence-corrected chi connectivity index (χ4v) is 5.49. The van der Waals surface area contributed by atoms with E-state index in [2.05, 4.69) is 83.1 Å². The first-order chi connectivity index (χ1) is 15.2. The normalized spacial score (nSPS) is 16.3. The number of nitrogens with two attached hydrogens (primary N) is 1. The SMILES string of the molecule is Nc1ccccc1C1(c2cccc(-c3cccs3)n2)CCN(Cc2ccccc2)CC1. The molecule has 5 rings (SSSR count). The van der Waals surface area contributed by atoms with Gasteiger partial charge in [-0.1, -0.05) is 60.7 Å². The monoisotopic (exact) mass is 425 g/mol. The zero-order chi connectivity index (χ0) is 21.1. The van der Waals surface area contributed by atoms with Crippen molar-refractivity contribution in [1.82, 2.24) is 9.88 Å². The number of benzene rings is 2. The quantitative estimate of drug-likeness (QED) is 0.400. The number of pyridine rings is 1. The van der Waals surface area contributed by atoms with E-state index in [0.717, 1.165) is 49.6 Å². The van der Waals surface area contributed by atoms with Gasteiger partial charge in [-0.3, -0.25) is 9.88 Å². The third kappa shape index (κ3) is 4.01. The summed E-state index contributed by atoms with van der Waals surface area (Å²) in [6.45, 7) is 3.03. The molecule has 0 saturated carbocycles. The van der Waals surface area contributed by atoms with Gasteiger partial charge in [-0.05, 0) is 66.7 Å². The van der Waals surface area contributed by atoms with Crippen molar-refractivity contribution in [3.63, 3.8) is 0 Å². The van der Waals surface area contributed by atoms with E-state index in [1.807, 2.05) is 12.1 Å². The molecule has 4 heteroatoms. The number of hydrogen-bond acceptors (Lipinski definition) is 4. The van der Waals surface area contributed by atoms with Crippen LogP contribution in [-0.4, -0.2) is 23.0 Å². The molecule has 0 amide bonds. The van der Waals surface area contributed by atoms with Crippen molar-refractivity contribution in [2.75, 3.05) is 18.8 Å². The van der Waals surface area contributed by atoms with Gasteiger partial charge < -0.3 is 5.73 Å². The number of anilines is 1. The molecule has 2 N–H and O–H groups in total. The fraction of sp³-hybridized carbons (Fsp3) is 0.222. The van der Waals surface area contributed by atoms with Gasteiger partial charge in [0.15, 0.2) is 0 Å². The lowest BCUT2D eigenvalue weighted by molar-refractivity contribution is 0.170. The maximum absolute atomic E-state index is 6.53. The van der Waals surface area contributed by atoms with E-state index in [1.165, 1.54) is 16.0 Å². The van der Waals surface area contributed by atoms with Crippen LogP contribution in [0.4, 0.5) is 5.69 Å². The summed E-state index contributed by atoms with van der Waals surface area (Å²) in [4.78, 5) is 8.93. The summed E-state index contributed by atoms with van der Waals surface area (Å²) in [5, 5.41) is 2.11. The van der Waals surface area contributed by atoms with Crippen molar-refractivity contribution in [1.29, 1.82) is 0 Å². The third-order valence-corrected chi connectivity index (χ3v) is 7.34. The van der Waals surface area contributed by atoms with Gasteiger partial charge in [0.25, 0.3) is 0 Å². The molecule has 1 aliphatic rings.